The molecule has 24 heavy (non-hydrogen) atoms. The molecule has 0 spiro atoms. The van der Waals surface area contributed by atoms with Crippen LogP contribution in [0.4, 0.5) is 0 Å². The lowest BCUT2D eigenvalue weighted by Crippen LogP contribution is -2.28. The second-order valence-electron chi connectivity index (χ2n) is 6.94. The van der Waals surface area contributed by atoms with E-state index in [-0.39, 0.29) is 0 Å². The first-order valence-electron chi connectivity index (χ1n) is 8.81. The Morgan fingerprint density at radius 3 is 2.83 bits per heavy atom. The largest absolute Gasteiger partial charge is 0.461 e. The van der Waals surface area contributed by atoms with Crippen molar-refractivity contribution >= 4 is 11.0 Å². The van der Waals surface area contributed by atoms with Gasteiger partial charge in [0.1, 0.15) is 17.1 Å². The van der Waals surface area contributed by atoms with Crippen molar-refractivity contribution in [3.63, 3.8) is 0 Å². The molecule has 0 N–H and O–H groups in total. The smallest absolute Gasteiger partial charge is 0.141 e. The zero-order valence-electron chi connectivity index (χ0n) is 14.6. The van der Waals surface area contributed by atoms with Crippen LogP contribution >= 0.6 is 0 Å². The number of rotatable bonds is 4. The van der Waals surface area contributed by atoms with E-state index in [2.05, 4.69) is 41.2 Å². The molecule has 4 nitrogen and oxygen atoms in total. The van der Waals surface area contributed by atoms with Gasteiger partial charge in [0.2, 0.25) is 0 Å². The van der Waals surface area contributed by atoms with Crippen molar-refractivity contribution < 1.29 is 8.94 Å². The van der Waals surface area contributed by atoms with E-state index < -0.39 is 0 Å². The molecule has 4 rings (SSSR count). The summed E-state index contributed by atoms with van der Waals surface area (Å²) in [4.78, 5) is 2.56. The molecule has 126 valence electrons. The van der Waals surface area contributed by atoms with Gasteiger partial charge in [0.25, 0.3) is 0 Å². The van der Waals surface area contributed by atoms with Gasteiger partial charge < -0.3 is 13.8 Å². The summed E-state index contributed by atoms with van der Waals surface area (Å²) in [7, 11) is 0. The molecular weight excluding hydrogens is 300 g/mol. The molecule has 3 heterocycles. The second-order valence-corrected chi connectivity index (χ2v) is 6.94. The maximum absolute atomic E-state index is 6.03. The summed E-state index contributed by atoms with van der Waals surface area (Å²) in [6.45, 7) is 8.56. The van der Waals surface area contributed by atoms with E-state index in [1.165, 1.54) is 19.4 Å². The van der Waals surface area contributed by atoms with Crippen LogP contribution in [0.15, 0.2) is 33.2 Å². The number of aromatic nitrogens is 1. The predicted molar refractivity (Wildman–Crippen MR) is 95.2 cm³/mol. The van der Waals surface area contributed by atoms with Gasteiger partial charge in [0, 0.05) is 30.0 Å². The number of hydrogen-bond acceptors (Lipinski definition) is 4. The van der Waals surface area contributed by atoms with Gasteiger partial charge in [0.15, 0.2) is 0 Å². The number of furan rings is 1. The third-order valence-corrected chi connectivity index (χ3v) is 5.23. The van der Waals surface area contributed by atoms with Crippen LogP contribution in [0.2, 0.25) is 0 Å². The van der Waals surface area contributed by atoms with Crippen molar-refractivity contribution in [3.8, 4) is 11.1 Å². The SMILES string of the molecule is Cc1noc(C)c1-c1ccc2oc(CCN3CCC[C@H]3C)cc2c1. The fourth-order valence-electron chi connectivity index (χ4n) is 3.85. The number of likely N-dealkylation sites (tertiary alicyclic amines) is 1. The highest BCUT2D eigenvalue weighted by molar-refractivity contribution is 5.84. The molecule has 3 aromatic rings. The lowest BCUT2D eigenvalue weighted by atomic mass is 10.0. The lowest BCUT2D eigenvalue weighted by Gasteiger charge is -2.19. The summed E-state index contributed by atoms with van der Waals surface area (Å²) in [6, 6.07) is 9.20. The Morgan fingerprint density at radius 2 is 2.12 bits per heavy atom. The van der Waals surface area contributed by atoms with Crippen molar-refractivity contribution in [1.29, 1.82) is 0 Å². The van der Waals surface area contributed by atoms with Gasteiger partial charge in [-0.2, -0.15) is 0 Å². The number of nitrogens with zero attached hydrogens (tertiary/aromatic N) is 2. The number of benzene rings is 1. The topological polar surface area (TPSA) is 42.4 Å². The van der Waals surface area contributed by atoms with Crippen LogP contribution in [0, 0.1) is 13.8 Å². The van der Waals surface area contributed by atoms with Crippen LogP contribution in [-0.4, -0.2) is 29.2 Å². The Bertz CT molecular complexity index is 842. The average Bonchev–Trinajstić information content (AvgIpc) is 3.24. The second kappa shape index (κ2) is 6.10. The monoisotopic (exact) mass is 324 g/mol. The number of fused-ring (bicyclic) bond motifs is 1. The Hall–Kier alpha value is -2.07. The van der Waals surface area contributed by atoms with Crippen molar-refractivity contribution in [2.45, 2.75) is 46.1 Å². The van der Waals surface area contributed by atoms with E-state index in [0.717, 1.165) is 52.3 Å². The summed E-state index contributed by atoms with van der Waals surface area (Å²) in [5, 5.41) is 5.20. The van der Waals surface area contributed by atoms with Gasteiger partial charge in [-0.05, 0) is 63.9 Å². The van der Waals surface area contributed by atoms with Crippen molar-refractivity contribution in [3.05, 3.63) is 41.5 Å². The van der Waals surface area contributed by atoms with Crippen molar-refractivity contribution in [2.75, 3.05) is 13.1 Å². The molecule has 2 aromatic heterocycles. The Morgan fingerprint density at radius 1 is 1.25 bits per heavy atom. The summed E-state index contributed by atoms with van der Waals surface area (Å²) in [6.07, 6.45) is 3.61. The van der Waals surface area contributed by atoms with Gasteiger partial charge in [-0.25, -0.2) is 0 Å². The molecule has 0 aliphatic carbocycles. The van der Waals surface area contributed by atoms with Crippen LogP contribution in [0.1, 0.15) is 37.0 Å². The minimum Gasteiger partial charge on any atom is -0.461 e. The van der Waals surface area contributed by atoms with Crippen molar-refractivity contribution in [2.24, 2.45) is 0 Å². The number of hydrogen-bond donors (Lipinski definition) is 0. The van der Waals surface area contributed by atoms with Crippen LogP contribution in [0.3, 0.4) is 0 Å². The molecule has 1 aromatic carbocycles. The molecule has 1 fully saturated rings. The van der Waals surface area contributed by atoms with Gasteiger partial charge >= 0.3 is 0 Å². The maximum atomic E-state index is 6.03. The standard InChI is InChI=1S/C20H24N2O2/c1-13-5-4-9-22(13)10-8-18-12-17-11-16(6-7-19(17)23-18)20-14(2)21-24-15(20)3/h6-7,11-13H,4-5,8-10H2,1-3H3/t13-/m1/s1. The molecular formula is C20H24N2O2. The first kappa shape index (κ1) is 15.5. The number of aryl methyl sites for hydroxylation is 2. The minimum atomic E-state index is 0.709. The highest BCUT2D eigenvalue weighted by Crippen LogP contribution is 2.31. The molecule has 0 saturated carbocycles. The summed E-state index contributed by atoms with van der Waals surface area (Å²) >= 11 is 0. The summed E-state index contributed by atoms with van der Waals surface area (Å²) in [5.41, 5.74) is 4.11. The summed E-state index contributed by atoms with van der Waals surface area (Å²) in [5.74, 6) is 1.93. The van der Waals surface area contributed by atoms with Gasteiger partial charge in [-0.1, -0.05) is 11.2 Å². The Labute approximate surface area is 142 Å². The lowest BCUT2D eigenvalue weighted by molar-refractivity contribution is 0.266. The molecule has 1 atom stereocenters. The fraction of sp³-hybridized carbons (Fsp3) is 0.450. The molecule has 0 amide bonds. The zero-order chi connectivity index (χ0) is 16.7. The van der Waals surface area contributed by atoms with E-state index in [4.69, 9.17) is 8.94 Å². The first-order chi connectivity index (χ1) is 11.6. The van der Waals surface area contributed by atoms with Gasteiger partial charge in [0.05, 0.1) is 5.69 Å². The van der Waals surface area contributed by atoms with E-state index in [0.29, 0.717) is 6.04 Å². The minimum absolute atomic E-state index is 0.709. The molecule has 1 aliphatic heterocycles. The molecule has 0 bridgehead atoms. The molecule has 4 heteroatoms. The third kappa shape index (κ3) is 2.75. The van der Waals surface area contributed by atoms with Gasteiger partial charge in [-0.3, -0.25) is 0 Å². The molecule has 0 unspecified atom stereocenters. The first-order valence-corrected chi connectivity index (χ1v) is 8.81. The van der Waals surface area contributed by atoms with Crippen LogP contribution in [0.25, 0.3) is 22.1 Å². The quantitative estimate of drug-likeness (QED) is 0.695. The van der Waals surface area contributed by atoms with E-state index in [1.807, 2.05) is 13.8 Å². The third-order valence-electron chi connectivity index (χ3n) is 5.23. The fourth-order valence-corrected chi connectivity index (χ4v) is 3.85. The van der Waals surface area contributed by atoms with Crippen LogP contribution < -0.4 is 0 Å². The van der Waals surface area contributed by atoms with Crippen LogP contribution in [0.5, 0.6) is 0 Å². The predicted octanol–water partition coefficient (Wildman–Crippen LogP) is 4.73. The Balaban J connectivity index is 1.57. The highest BCUT2D eigenvalue weighted by atomic mass is 16.5. The molecule has 1 saturated heterocycles. The molecule has 0 radical (unpaired) electrons. The molecule has 1 aliphatic rings. The van der Waals surface area contributed by atoms with E-state index >= 15 is 0 Å². The summed E-state index contributed by atoms with van der Waals surface area (Å²) < 4.78 is 11.3. The zero-order valence-corrected chi connectivity index (χ0v) is 14.6. The van der Waals surface area contributed by atoms with E-state index in [9.17, 15) is 0 Å². The highest BCUT2D eigenvalue weighted by Gasteiger charge is 2.20. The normalized spacial score (nSPS) is 18.7. The maximum Gasteiger partial charge on any atom is 0.141 e. The van der Waals surface area contributed by atoms with Crippen LogP contribution in [-0.2, 0) is 6.42 Å². The van der Waals surface area contributed by atoms with Crippen molar-refractivity contribution in [1.82, 2.24) is 10.1 Å². The Kier molecular flexibility index (Phi) is 3.93. The van der Waals surface area contributed by atoms with E-state index in [1.54, 1.807) is 0 Å². The van der Waals surface area contributed by atoms with Gasteiger partial charge in [-0.15, -0.1) is 0 Å². The average molecular weight is 324 g/mol.